The van der Waals surface area contributed by atoms with Gasteiger partial charge in [0, 0.05) is 6.54 Å². The van der Waals surface area contributed by atoms with E-state index in [4.69, 9.17) is 10.5 Å². The summed E-state index contributed by atoms with van der Waals surface area (Å²) in [6.45, 7) is 3.57. The Balaban J connectivity index is 1.71. The van der Waals surface area contributed by atoms with Crippen molar-refractivity contribution in [1.82, 2.24) is 4.90 Å². The second-order valence-corrected chi connectivity index (χ2v) is 6.94. The largest absolute Gasteiger partial charge is 0.484 e. The van der Waals surface area contributed by atoms with Crippen LogP contribution in [0.5, 0.6) is 5.75 Å². The van der Waals surface area contributed by atoms with Crippen LogP contribution in [0.2, 0.25) is 0 Å². The standard InChI is InChI=1S/C22H20N4O4/c1-2-12-25-21(28)18-19(14-8-10-16(11-9-14)30-13-17(23)27)24-26(20(18)22(25)29)15-6-4-3-5-7-15/h2-11,18,20H,1,12-13H2,(H2,23,27)/t18-,20-/m0/s1. The van der Waals surface area contributed by atoms with Crippen molar-refractivity contribution in [2.45, 2.75) is 6.04 Å². The molecule has 0 radical (unpaired) electrons. The van der Waals surface area contributed by atoms with E-state index in [0.717, 1.165) is 5.69 Å². The van der Waals surface area contributed by atoms with E-state index in [1.807, 2.05) is 30.3 Å². The number of hydrazone groups is 1. The molecule has 0 spiro atoms. The lowest BCUT2D eigenvalue weighted by atomic mass is 9.93. The maximum Gasteiger partial charge on any atom is 0.255 e. The maximum absolute atomic E-state index is 13.1. The summed E-state index contributed by atoms with van der Waals surface area (Å²) in [5.41, 5.74) is 7.02. The fourth-order valence-corrected chi connectivity index (χ4v) is 3.69. The van der Waals surface area contributed by atoms with Crippen LogP contribution in [0.1, 0.15) is 5.56 Å². The Morgan fingerprint density at radius 2 is 1.80 bits per heavy atom. The van der Waals surface area contributed by atoms with Crippen molar-refractivity contribution in [3.05, 3.63) is 72.8 Å². The number of imide groups is 1. The molecule has 0 saturated carbocycles. The summed E-state index contributed by atoms with van der Waals surface area (Å²) in [5.74, 6) is -1.41. The summed E-state index contributed by atoms with van der Waals surface area (Å²) in [5, 5.41) is 6.27. The van der Waals surface area contributed by atoms with Gasteiger partial charge in [-0.1, -0.05) is 24.3 Å². The van der Waals surface area contributed by atoms with Crippen LogP contribution in [-0.2, 0) is 14.4 Å². The van der Waals surface area contributed by atoms with E-state index in [-0.39, 0.29) is 25.0 Å². The van der Waals surface area contributed by atoms with Gasteiger partial charge in [0.2, 0.25) is 5.91 Å². The van der Waals surface area contributed by atoms with Crippen LogP contribution in [0.25, 0.3) is 0 Å². The van der Waals surface area contributed by atoms with Crippen LogP contribution in [0, 0.1) is 5.92 Å². The molecule has 152 valence electrons. The zero-order valence-electron chi connectivity index (χ0n) is 16.1. The average molecular weight is 404 g/mol. The summed E-state index contributed by atoms with van der Waals surface area (Å²) in [4.78, 5) is 38.2. The van der Waals surface area contributed by atoms with Gasteiger partial charge in [0.15, 0.2) is 6.61 Å². The maximum atomic E-state index is 13.1. The Kier molecular flexibility index (Phi) is 5.05. The molecule has 2 N–H and O–H groups in total. The summed E-state index contributed by atoms with van der Waals surface area (Å²) in [7, 11) is 0. The number of para-hydroxylation sites is 1. The van der Waals surface area contributed by atoms with E-state index in [9.17, 15) is 14.4 Å². The molecule has 0 unspecified atom stereocenters. The zero-order valence-corrected chi connectivity index (χ0v) is 16.1. The SMILES string of the molecule is C=CCN1C(=O)[C@H]2C(c3ccc(OCC(N)=O)cc3)=NN(c3ccccc3)[C@@H]2C1=O. The quantitative estimate of drug-likeness (QED) is 0.553. The molecular weight excluding hydrogens is 384 g/mol. The number of nitrogens with zero attached hydrogens (tertiary/aromatic N) is 3. The predicted octanol–water partition coefficient (Wildman–Crippen LogP) is 1.31. The number of ether oxygens (including phenoxy) is 1. The summed E-state index contributed by atoms with van der Waals surface area (Å²) in [6, 6.07) is 15.4. The number of amides is 3. The summed E-state index contributed by atoms with van der Waals surface area (Å²) in [6.07, 6.45) is 1.53. The third-order valence-corrected chi connectivity index (χ3v) is 5.00. The van der Waals surface area contributed by atoms with E-state index in [2.05, 4.69) is 11.7 Å². The van der Waals surface area contributed by atoms with Crippen molar-refractivity contribution in [3.8, 4) is 5.75 Å². The molecule has 2 atom stereocenters. The second-order valence-electron chi connectivity index (χ2n) is 6.94. The van der Waals surface area contributed by atoms with Crippen molar-refractivity contribution >= 4 is 29.1 Å². The van der Waals surface area contributed by atoms with Gasteiger partial charge in [0.1, 0.15) is 17.7 Å². The van der Waals surface area contributed by atoms with Gasteiger partial charge in [-0.3, -0.25) is 24.3 Å². The van der Waals surface area contributed by atoms with Crippen molar-refractivity contribution < 1.29 is 19.1 Å². The highest BCUT2D eigenvalue weighted by Crippen LogP contribution is 2.37. The van der Waals surface area contributed by atoms with Crippen LogP contribution in [0.15, 0.2) is 72.4 Å². The van der Waals surface area contributed by atoms with Gasteiger partial charge in [0.05, 0.1) is 11.4 Å². The van der Waals surface area contributed by atoms with Crippen LogP contribution >= 0.6 is 0 Å². The highest BCUT2D eigenvalue weighted by atomic mass is 16.5. The Morgan fingerprint density at radius 3 is 2.43 bits per heavy atom. The number of primary amides is 1. The molecule has 0 bridgehead atoms. The predicted molar refractivity (Wildman–Crippen MR) is 111 cm³/mol. The molecule has 2 aliphatic heterocycles. The van der Waals surface area contributed by atoms with Crippen molar-refractivity contribution in [3.63, 3.8) is 0 Å². The first-order chi connectivity index (χ1) is 14.5. The van der Waals surface area contributed by atoms with Crippen LogP contribution in [0.4, 0.5) is 5.69 Å². The molecule has 2 aromatic carbocycles. The molecule has 8 heteroatoms. The summed E-state index contributed by atoms with van der Waals surface area (Å²) < 4.78 is 5.28. The summed E-state index contributed by atoms with van der Waals surface area (Å²) >= 11 is 0. The van der Waals surface area contributed by atoms with Crippen LogP contribution in [-0.4, -0.2) is 47.5 Å². The lowest BCUT2D eigenvalue weighted by Gasteiger charge is -2.21. The molecule has 8 nitrogen and oxygen atoms in total. The number of nitrogens with two attached hydrogens (primary N) is 1. The van der Waals surface area contributed by atoms with Gasteiger partial charge in [0.25, 0.3) is 11.8 Å². The Bertz CT molecular complexity index is 1030. The molecule has 2 heterocycles. The third-order valence-electron chi connectivity index (χ3n) is 5.00. The Labute approximate surface area is 173 Å². The molecule has 0 aromatic heterocycles. The van der Waals surface area contributed by atoms with Crippen LogP contribution in [0.3, 0.4) is 0 Å². The lowest BCUT2D eigenvalue weighted by molar-refractivity contribution is -0.138. The molecule has 4 rings (SSSR count). The van der Waals surface area contributed by atoms with Crippen LogP contribution < -0.4 is 15.5 Å². The van der Waals surface area contributed by atoms with Gasteiger partial charge in [-0.15, -0.1) is 6.58 Å². The number of anilines is 1. The zero-order chi connectivity index (χ0) is 21.3. The molecular formula is C22H20N4O4. The molecule has 3 amide bonds. The number of fused-ring (bicyclic) bond motifs is 1. The minimum atomic E-state index is -0.736. The van der Waals surface area contributed by atoms with Gasteiger partial charge in [-0.2, -0.15) is 5.10 Å². The highest BCUT2D eigenvalue weighted by Gasteiger charge is 2.56. The van der Waals surface area contributed by atoms with Gasteiger partial charge >= 0.3 is 0 Å². The van der Waals surface area contributed by atoms with Crippen molar-refractivity contribution in [2.24, 2.45) is 16.8 Å². The molecule has 30 heavy (non-hydrogen) atoms. The monoisotopic (exact) mass is 404 g/mol. The number of likely N-dealkylation sites (tertiary alicyclic amines) is 1. The molecule has 2 aromatic rings. The molecule has 2 aliphatic rings. The van der Waals surface area contributed by atoms with Gasteiger partial charge in [-0.05, 0) is 42.0 Å². The number of carbonyl (C=O) groups excluding carboxylic acids is 3. The topological polar surface area (TPSA) is 105 Å². The van der Waals surface area contributed by atoms with E-state index in [0.29, 0.717) is 17.0 Å². The Morgan fingerprint density at radius 1 is 1.10 bits per heavy atom. The number of benzene rings is 2. The van der Waals surface area contributed by atoms with Gasteiger partial charge in [-0.25, -0.2) is 0 Å². The normalized spacial score (nSPS) is 20.2. The molecule has 1 saturated heterocycles. The molecule has 1 fully saturated rings. The first kappa shape index (κ1) is 19.4. The van der Waals surface area contributed by atoms with E-state index >= 15 is 0 Å². The Hall–Kier alpha value is -3.94. The first-order valence-corrected chi connectivity index (χ1v) is 9.41. The fourth-order valence-electron chi connectivity index (χ4n) is 3.69. The second kappa shape index (κ2) is 7.82. The number of hydrogen-bond donors (Lipinski definition) is 1. The molecule has 0 aliphatic carbocycles. The van der Waals surface area contributed by atoms with Crippen molar-refractivity contribution in [1.29, 1.82) is 0 Å². The van der Waals surface area contributed by atoms with E-state index in [1.54, 1.807) is 29.3 Å². The van der Waals surface area contributed by atoms with E-state index in [1.165, 1.54) is 11.0 Å². The number of hydrogen-bond acceptors (Lipinski definition) is 6. The average Bonchev–Trinajstić information content (AvgIpc) is 3.26. The minimum Gasteiger partial charge on any atom is -0.484 e. The van der Waals surface area contributed by atoms with Gasteiger partial charge < -0.3 is 10.5 Å². The van der Waals surface area contributed by atoms with E-state index < -0.39 is 17.9 Å². The number of rotatable bonds is 7. The minimum absolute atomic E-state index is 0.153. The van der Waals surface area contributed by atoms with Crippen molar-refractivity contribution in [2.75, 3.05) is 18.2 Å². The smallest absolute Gasteiger partial charge is 0.255 e. The fraction of sp³-hybridized carbons (Fsp3) is 0.182. The first-order valence-electron chi connectivity index (χ1n) is 9.41. The highest BCUT2D eigenvalue weighted by molar-refractivity contribution is 6.25. The third kappa shape index (κ3) is 3.32. The number of carbonyl (C=O) groups is 3. The lowest BCUT2D eigenvalue weighted by Crippen LogP contribution is -2.39.